The molecule has 9 heteroatoms. The summed E-state index contributed by atoms with van der Waals surface area (Å²) in [6.07, 6.45) is 1.53. The molecule has 146 valence electrons. The molecule has 0 saturated carbocycles. The van der Waals surface area contributed by atoms with Gasteiger partial charge in [-0.15, -0.1) is 11.6 Å². The van der Waals surface area contributed by atoms with Crippen molar-refractivity contribution in [3.8, 4) is 0 Å². The number of aromatic nitrogens is 2. The lowest BCUT2D eigenvalue weighted by molar-refractivity contribution is 0.363. The van der Waals surface area contributed by atoms with E-state index >= 15 is 0 Å². The van der Waals surface area contributed by atoms with E-state index < -0.39 is 0 Å². The Labute approximate surface area is 173 Å². The maximum Gasteiger partial charge on any atom is 0.141 e. The molecule has 0 aliphatic carbocycles. The van der Waals surface area contributed by atoms with E-state index in [0.717, 1.165) is 35.4 Å². The molecule has 3 aromatic rings. The Hall–Kier alpha value is -2.48. The second-order valence-corrected chi connectivity index (χ2v) is 6.97. The van der Waals surface area contributed by atoms with Crippen LogP contribution in [0.2, 0.25) is 5.02 Å². The second-order valence-electron chi connectivity index (χ2n) is 6.16. The Bertz CT molecular complexity index is 948. The molecule has 0 saturated heterocycles. The van der Waals surface area contributed by atoms with Crippen molar-refractivity contribution in [1.82, 2.24) is 14.9 Å². The molecule has 28 heavy (non-hydrogen) atoms. The van der Waals surface area contributed by atoms with Crippen LogP contribution in [-0.2, 0) is 0 Å². The minimum atomic E-state index is 0.596. The van der Waals surface area contributed by atoms with E-state index in [1.54, 1.807) is 0 Å². The maximum atomic E-state index is 6.06. The topological polar surface area (TPSA) is 77.8 Å². The molecule has 0 aliphatic heterocycles. The van der Waals surface area contributed by atoms with Gasteiger partial charge in [0.05, 0.1) is 17.7 Å². The number of likely N-dealkylation sites (N-methyl/N-ethyl adjacent to an activating group) is 1. The molecule has 7 nitrogen and oxygen atoms in total. The lowest BCUT2D eigenvalue weighted by Crippen LogP contribution is -2.23. The highest BCUT2D eigenvalue weighted by atomic mass is 35.5. The van der Waals surface area contributed by atoms with E-state index in [9.17, 15) is 0 Å². The van der Waals surface area contributed by atoms with Crippen LogP contribution in [0.25, 0.3) is 10.9 Å². The number of benzene rings is 2. The van der Waals surface area contributed by atoms with Crippen molar-refractivity contribution in [3.05, 3.63) is 53.8 Å². The van der Waals surface area contributed by atoms with Crippen LogP contribution in [-0.4, -0.2) is 47.4 Å². The van der Waals surface area contributed by atoms with Crippen LogP contribution in [0.3, 0.4) is 0 Å². The van der Waals surface area contributed by atoms with Gasteiger partial charge in [-0.1, -0.05) is 22.9 Å². The first-order valence-electron chi connectivity index (χ1n) is 8.80. The molecule has 0 aliphatic rings. The summed E-state index contributed by atoms with van der Waals surface area (Å²) in [5, 5.41) is 13.0. The van der Waals surface area contributed by atoms with E-state index in [2.05, 4.69) is 35.9 Å². The summed E-state index contributed by atoms with van der Waals surface area (Å²) in [4.78, 5) is 10.8. The summed E-state index contributed by atoms with van der Waals surface area (Å²) < 4.78 is 0. The van der Waals surface area contributed by atoms with Gasteiger partial charge >= 0.3 is 0 Å². The molecule has 1 heterocycles. The first kappa shape index (κ1) is 20.3. The van der Waals surface area contributed by atoms with Gasteiger partial charge in [-0.05, 0) is 43.4 Å². The largest absolute Gasteiger partial charge is 0.340 e. The number of hydrogen-bond acceptors (Lipinski definition) is 6. The summed E-state index contributed by atoms with van der Waals surface area (Å²) in [5.74, 6) is 1.30. The smallest absolute Gasteiger partial charge is 0.141 e. The van der Waals surface area contributed by atoms with Crippen LogP contribution < -0.4 is 10.7 Å². The first-order chi connectivity index (χ1) is 13.7. The molecule has 0 atom stereocenters. The third-order valence-corrected chi connectivity index (χ3v) is 4.42. The Kier molecular flexibility index (Phi) is 7.36. The predicted molar refractivity (Wildman–Crippen MR) is 116 cm³/mol. The summed E-state index contributed by atoms with van der Waals surface area (Å²) in [5.41, 5.74) is 5.43. The van der Waals surface area contributed by atoms with Crippen LogP contribution in [0.5, 0.6) is 0 Å². The van der Waals surface area contributed by atoms with Crippen molar-refractivity contribution < 1.29 is 0 Å². The van der Waals surface area contributed by atoms with Crippen LogP contribution in [0, 0.1) is 0 Å². The second kappa shape index (κ2) is 10.2. The third kappa shape index (κ3) is 5.76. The first-order valence-corrected chi connectivity index (χ1v) is 9.71. The Balaban J connectivity index is 1.70. The number of anilines is 3. The fourth-order valence-electron chi connectivity index (χ4n) is 2.54. The Morgan fingerprint density at radius 3 is 2.79 bits per heavy atom. The van der Waals surface area contributed by atoms with Gasteiger partial charge in [0.2, 0.25) is 0 Å². The molecule has 2 aromatic carbocycles. The van der Waals surface area contributed by atoms with E-state index in [4.69, 9.17) is 23.2 Å². The van der Waals surface area contributed by atoms with E-state index in [1.165, 1.54) is 6.33 Å². The van der Waals surface area contributed by atoms with Crippen molar-refractivity contribution >= 4 is 51.3 Å². The predicted octanol–water partition coefficient (Wildman–Crippen LogP) is 4.98. The number of nitrogens with one attached hydrogen (secondary N) is 2. The van der Waals surface area contributed by atoms with Crippen molar-refractivity contribution in [2.24, 2.45) is 10.3 Å². The molecule has 3 rings (SSSR count). The molecule has 0 radical (unpaired) electrons. The number of fused-ring (bicyclic) bond motifs is 1. The zero-order valence-electron chi connectivity index (χ0n) is 15.4. The van der Waals surface area contributed by atoms with Crippen LogP contribution in [0.4, 0.5) is 17.2 Å². The van der Waals surface area contributed by atoms with Crippen LogP contribution in [0.1, 0.15) is 0 Å². The fraction of sp³-hybridized carbons (Fsp3) is 0.263. The molecule has 0 unspecified atom stereocenters. The zero-order chi connectivity index (χ0) is 19.8. The van der Waals surface area contributed by atoms with E-state index in [1.807, 2.05) is 49.5 Å². The number of rotatable bonds is 9. The number of nitrogens with zero attached hydrogens (tertiary/aromatic N) is 5. The number of halogens is 2. The van der Waals surface area contributed by atoms with Crippen molar-refractivity contribution in [3.63, 3.8) is 0 Å². The normalized spacial score (nSPS) is 11.4. The number of alkyl halides is 1. The molecular formula is C19H21Cl2N7. The maximum absolute atomic E-state index is 6.06. The van der Waals surface area contributed by atoms with Crippen molar-refractivity contribution in [1.29, 1.82) is 0 Å². The highest BCUT2D eigenvalue weighted by Gasteiger charge is 2.06. The molecule has 0 fully saturated rings. The summed E-state index contributed by atoms with van der Waals surface area (Å²) in [6, 6.07) is 13.2. The number of hydrogen-bond donors (Lipinski definition) is 2. The summed E-state index contributed by atoms with van der Waals surface area (Å²) in [6.45, 7) is 2.23. The average Bonchev–Trinajstić information content (AvgIpc) is 2.68. The molecule has 1 aromatic heterocycles. The molecule has 0 bridgehead atoms. The lowest BCUT2D eigenvalue weighted by Gasteiger charge is -2.12. The Morgan fingerprint density at radius 1 is 1.07 bits per heavy atom. The summed E-state index contributed by atoms with van der Waals surface area (Å²) >= 11 is 11.8. The van der Waals surface area contributed by atoms with Gasteiger partial charge in [-0.25, -0.2) is 9.97 Å². The standard InChI is InChI=1S/C19H21Cl2N7/c1-28(9-7-20)10-8-24-27-26-16-5-6-18-17(12-16)19(23-13-22-18)25-15-4-2-3-14(21)11-15/h2-6,11-13H,7-10H2,1H3,(H,24,26)(H,22,23,25). The molecular weight excluding hydrogens is 397 g/mol. The van der Waals surface area contributed by atoms with E-state index in [-0.39, 0.29) is 0 Å². The molecule has 2 N–H and O–H groups in total. The minimum Gasteiger partial charge on any atom is -0.340 e. The van der Waals surface area contributed by atoms with Crippen molar-refractivity contribution in [2.45, 2.75) is 0 Å². The van der Waals surface area contributed by atoms with Gasteiger partial charge in [0.15, 0.2) is 0 Å². The minimum absolute atomic E-state index is 0.596. The van der Waals surface area contributed by atoms with Crippen molar-refractivity contribution in [2.75, 3.05) is 43.3 Å². The van der Waals surface area contributed by atoms with Gasteiger partial charge in [-0.2, -0.15) is 5.11 Å². The third-order valence-electron chi connectivity index (χ3n) is 4.02. The highest BCUT2D eigenvalue weighted by molar-refractivity contribution is 6.30. The van der Waals surface area contributed by atoms with Gasteiger partial charge in [0.1, 0.15) is 12.1 Å². The monoisotopic (exact) mass is 417 g/mol. The lowest BCUT2D eigenvalue weighted by atomic mass is 10.2. The quantitative estimate of drug-likeness (QED) is 0.291. The SMILES string of the molecule is CN(CCCl)CCN=NNc1ccc2ncnc(Nc3cccc(Cl)c3)c2c1. The highest BCUT2D eigenvalue weighted by Crippen LogP contribution is 2.26. The van der Waals surface area contributed by atoms with Crippen LogP contribution in [0.15, 0.2) is 59.1 Å². The van der Waals surface area contributed by atoms with E-state index in [0.29, 0.717) is 23.3 Å². The van der Waals surface area contributed by atoms with Crippen LogP contribution >= 0.6 is 23.2 Å². The van der Waals surface area contributed by atoms with Gasteiger partial charge in [-0.3, -0.25) is 5.43 Å². The average molecular weight is 418 g/mol. The zero-order valence-corrected chi connectivity index (χ0v) is 17.0. The van der Waals surface area contributed by atoms with Gasteiger partial charge in [0.25, 0.3) is 0 Å². The summed E-state index contributed by atoms with van der Waals surface area (Å²) in [7, 11) is 2.00. The molecule has 0 spiro atoms. The van der Waals surface area contributed by atoms with Gasteiger partial charge < -0.3 is 10.2 Å². The van der Waals surface area contributed by atoms with Gasteiger partial charge in [0, 0.05) is 35.1 Å². The fourth-order valence-corrected chi connectivity index (χ4v) is 3.02. The molecule has 0 amide bonds. The Morgan fingerprint density at radius 2 is 1.96 bits per heavy atom.